The molecule has 270 valence electrons. The molecule has 2 fully saturated rings. The topological polar surface area (TPSA) is 115 Å². The molecule has 4 aromatic rings. The van der Waals surface area contributed by atoms with Crippen LogP contribution in [0.4, 0.5) is 39.3 Å². The van der Waals surface area contributed by atoms with Crippen molar-refractivity contribution in [3.05, 3.63) is 96.3 Å². The number of urea groups is 1. The fourth-order valence-corrected chi connectivity index (χ4v) is 6.59. The van der Waals surface area contributed by atoms with Gasteiger partial charge in [-0.2, -0.15) is 4.98 Å². The maximum absolute atomic E-state index is 14.3. The Hall–Kier alpha value is -5.78. The average Bonchev–Trinajstić information content (AvgIpc) is 3.16. The first-order valence-corrected chi connectivity index (χ1v) is 18.0. The quantitative estimate of drug-likeness (QED) is 0.159. The van der Waals surface area contributed by atoms with Gasteiger partial charge in [-0.15, -0.1) is 0 Å². The Labute approximate surface area is 305 Å². The summed E-state index contributed by atoms with van der Waals surface area (Å²) < 4.78 is 11.0. The molecule has 12 nitrogen and oxygen atoms in total. The van der Waals surface area contributed by atoms with Crippen LogP contribution >= 0.6 is 0 Å². The third-order valence-corrected chi connectivity index (χ3v) is 9.96. The Morgan fingerprint density at radius 3 is 2.23 bits per heavy atom. The van der Waals surface area contributed by atoms with Crippen LogP contribution in [0.3, 0.4) is 0 Å². The predicted molar refractivity (Wildman–Crippen MR) is 205 cm³/mol. The van der Waals surface area contributed by atoms with E-state index in [-0.39, 0.29) is 25.0 Å². The van der Waals surface area contributed by atoms with Crippen molar-refractivity contribution in [3.63, 3.8) is 0 Å². The Balaban J connectivity index is 1.09. The Morgan fingerprint density at radius 1 is 0.904 bits per heavy atom. The first kappa shape index (κ1) is 34.7. The van der Waals surface area contributed by atoms with Gasteiger partial charge in [-0.05, 0) is 66.9 Å². The van der Waals surface area contributed by atoms with E-state index in [0.717, 1.165) is 48.9 Å². The second kappa shape index (κ2) is 15.6. The van der Waals surface area contributed by atoms with E-state index < -0.39 is 0 Å². The number of hydrogen-bond acceptors (Lipinski definition) is 9. The zero-order valence-corrected chi connectivity index (χ0v) is 30.0. The van der Waals surface area contributed by atoms with Crippen LogP contribution in [0.25, 0.3) is 0 Å². The molecule has 3 amide bonds. The largest absolute Gasteiger partial charge is 0.497 e. The Kier molecular flexibility index (Phi) is 10.4. The summed E-state index contributed by atoms with van der Waals surface area (Å²) in [7, 11) is 3.16. The standard InChI is InChI=1S/C40H46N8O4/c1-4-37(49)42-31-10-8-29(9-11-31)26-48-38-30(27-47(40(48)50)34-22-35(51-2)24-36(23-34)52-3)25-41-39(44-38)43-32-12-14-33(15-13-32)46-20-18-45(19-21-46)17-16-28-6-5-7-28/h8-17,22-25,28H,4-7,18-21,26-27H2,1-3H3,(H,42,49)(H,41,43,44)/b17-16+. The number of aromatic nitrogens is 2. The van der Waals surface area contributed by atoms with Crippen LogP contribution in [-0.2, 0) is 17.9 Å². The molecule has 52 heavy (non-hydrogen) atoms. The minimum Gasteiger partial charge on any atom is -0.497 e. The van der Waals surface area contributed by atoms with Crippen molar-refractivity contribution < 1.29 is 19.1 Å². The second-order valence-electron chi connectivity index (χ2n) is 13.4. The van der Waals surface area contributed by atoms with Crippen molar-refractivity contribution >= 4 is 46.5 Å². The molecule has 1 saturated heterocycles. The fourth-order valence-electron chi connectivity index (χ4n) is 6.59. The van der Waals surface area contributed by atoms with Crippen LogP contribution in [0, 0.1) is 5.92 Å². The van der Waals surface area contributed by atoms with Gasteiger partial charge in [0.15, 0.2) is 0 Å². The van der Waals surface area contributed by atoms with Crippen LogP contribution in [0.2, 0.25) is 0 Å². The molecule has 0 spiro atoms. The maximum atomic E-state index is 14.3. The molecule has 7 rings (SSSR count). The average molecular weight is 703 g/mol. The van der Waals surface area contributed by atoms with Gasteiger partial charge in [-0.25, -0.2) is 9.78 Å². The molecular formula is C40H46N8O4. The summed E-state index contributed by atoms with van der Waals surface area (Å²) in [6.07, 6.45) is 10.9. The number of allylic oxidation sites excluding steroid dienone is 1. The molecule has 3 aliphatic rings. The summed E-state index contributed by atoms with van der Waals surface area (Å²) in [6, 6.07) is 21.0. The summed E-state index contributed by atoms with van der Waals surface area (Å²) in [6.45, 7) is 6.32. The van der Waals surface area contributed by atoms with E-state index >= 15 is 0 Å². The Bertz CT molecular complexity index is 1880. The normalized spacial score (nSPS) is 16.1. The zero-order chi connectivity index (χ0) is 36.0. The van der Waals surface area contributed by atoms with Gasteiger partial charge >= 0.3 is 6.03 Å². The van der Waals surface area contributed by atoms with Crippen LogP contribution in [0.1, 0.15) is 43.7 Å². The third-order valence-electron chi connectivity index (χ3n) is 9.96. The van der Waals surface area contributed by atoms with Crippen LogP contribution in [0.15, 0.2) is 85.2 Å². The molecule has 0 atom stereocenters. The molecule has 1 saturated carbocycles. The highest BCUT2D eigenvalue weighted by atomic mass is 16.5. The number of hydrogen-bond donors (Lipinski definition) is 2. The van der Waals surface area contributed by atoms with Gasteiger partial charge in [0.2, 0.25) is 11.9 Å². The molecule has 0 radical (unpaired) electrons. The smallest absolute Gasteiger partial charge is 0.330 e. The minimum atomic E-state index is -0.251. The molecule has 2 aliphatic heterocycles. The lowest BCUT2D eigenvalue weighted by molar-refractivity contribution is -0.115. The fraction of sp³-hybridized carbons (Fsp3) is 0.350. The zero-order valence-electron chi connectivity index (χ0n) is 30.0. The molecule has 2 N–H and O–H groups in total. The number of amides is 3. The van der Waals surface area contributed by atoms with Gasteiger partial charge in [-0.3, -0.25) is 14.6 Å². The number of ether oxygens (including phenoxy) is 2. The van der Waals surface area contributed by atoms with Crippen molar-refractivity contribution in [1.29, 1.82) is 0 Å². The number of fused-ring (bicyclic) bond motifs is 1. The number of rotatable bonds is 12. The first-order valence-electron chi connectivity index (χ1n) is 18.0. The van der Waals surface area contributed by atoms with Gasteiger partial charge in [0.1, 0.15) is 17.3 Å². The SMILES string of the molecule is CCC(=O)Nc1ccc(CN2C(=O)N(c3cc(OC)cc(OC)c3)Cc3cnc(Nc4ccc(N5CCN(/C=C/C6CCC6)CC5)cc4)nc32)cc1. The number of piperazine rings is 1. The molecular weight excluding hydrogens is 656 g/mol. The van der Waals surface area contributed by atoms with E-state index in [9.17, 15) is 9.59 Å². The van der Waals surface area contributed by atoms with Crippen molar-refractivity contribution in [1.82, 2.24) is 14.9 Å². The van der Waals surface area contributed by atoms with Crippen LogP contribution < -0.4 is 34.8 Å². The van der Waals surface area contributed by atoms with Gasteiger partial charge in [-0.1, -0.05) is 31.6 Å². The molecule has 1 aromatic heterocycles. The summed E-state index contributed by atoms with van der Waals surface area (Å²) in [5.74, 6) is 2.78. The number of nitrogens with zero attached hydrogens (tertiary/aromatic N) is 6. The van der Waals surface area contributed by atoms with E-state index in [1.54, 1.807) is 36.3 Å². The maximum Gasteiger partial charge on any atom is 0.330 e. The van der Waals surface area contributed by atoms with Crippen LogP contribution in [-0.4, -0.2) is 67.2 Å². The third kappa shape index (κ3) is 7.91. The number of nitrogens with one attached hydrogen (secondary N) is 2. The molecule has 3 aromatic carbocycles. The summed E-state index contributed by atoms with van der Waals surface area (Å²) in [5, 5.41) is 6.23. The summed E-state index contributed by atoms with van der Waals surface area (Å²) in [4.78, 5) is 44.0. The van der Waals surface area contributed by atoms with E-state index in [4.69, 9.17) is 14.5 Å². The van der Waals surface area contributed by atoms with E-state index in [1.165, 1.54) is 24.9 Å². The van der Waals surface area contributed by atoms with Gasteiger partial charge in [0, 0.05) is 79.6 Å². The van der Waals surface area contributed by atoms with Crippen LogP contribution in [0.5, 0.6) is 11.5 Å². The lowest BCUT2D eigenvalue weighted by Gasteiger charge is -2.36. The van der Waals surface area contributed by atoms with E-state index in [0.29, 0.717) is 41.1 Å². The number of methoxy groups -OCH3 is 2. The first-order chi connectivity index (χ1) is 25.4. The van der Waals surface area contributed by atoms with E-state index in [2.05, 4.69) is 49.8 Å². The highest BCUT2D eigenvalue weighted by molar-refractivity contribution is 6.05. The van der Waals surface area contributed by atoms with Crippen molar-refractivity contribution in [3.8, 4) is 11.5 Å². The number of anilines is 6. The predicted octanol–water partition coefficient (Wildman–Crippen LogP) is 7.17. The highest BCUT2D eigenvalue weighted by Crippen LogP contribution is 2.36. The summed E-state index contributed by atoms with van der Waals surface area (Å²) in [5.41, 5.74) is 5.03. The monoisotopic (exact) mass is 702 g/mol. The lowest BCUT2D eigenvalue weighted by atomic mass is 9.85. The van der Waals surface area contributed by atoms with Gasteiger partial charge in [0.05, 0.1) is 33.0 Å². The van der Waals surface area contributed by atoms with Gasteiger partial charge in [0.25, 0.3) is 0 Å². The van der Waals surface area contributed by atoms with Gasteiger partial charge < -0.3 is 29.9 Å². The van der Waals surface area contributed by atoms with Crippen molar-refractivity contribution in [2.75, 3.05) is 65.7 Å². The Morgan fingerprint density at radius 2 is 1.60 bits per heavy atom. The number of benzene rings is 3. The minimum absolute atomic E-state index is 0.0613. The van der Waals surface area contributed by atoms with Crippen molar-refractivity contribution in [2.24, 2.45) is 5.92 Å². The van der Waals surface area contributed by atoms with E-state index in [1.807, 2.05) is 55.5 Å². The lowest BCUT2D eigenvalue weighted by Crippen LogP contribution is -2.47. The molecule has 3 heterocycles. The second-order valence-corrected chi connectivity index (χ2v) is 13.4. The van der Waals surface area contributed by atoms with Crippen molar-refractivity contribution in [2.45, 2.75) is 45.7 Å². The molecule has 1 aliphatic carbocycles. The number of carbonyl (C=O) groups is 2. The highest BCUT2D eigenvalue weighted by Gasteiger charge is 2.34. The summed E-state index contributed by atoms with van der Waals surface area (Å²) >= 11 is 0. The molecule has 0 unspecified atom stereocenters. The number of carbonyl (C=O) groups excluding carboxylic acids is 2. The molecule has 12 heteroatoms. The molecule has 0 bridgehead atoms.